The zero-order valence-electron chi connectivity index (χ0n) is 12.7. The summed E-state index contributed by atoms with van der Waals surface area (Å²) in [5, 5.41) is 7.32. The van der Waals surface area contributed by atoms with E-state index in [1.54, 1.807) is 0 Å². The van der Waals surface area contributed by atoms with E-state index in [2.05, 4.69) is 15.4 Å². The van der Waals surface area contributed by atoms with Gasteiger partial charge in [0.15, 0.2) is 0 Å². The molecule has 24 heavy (non-hydrogen) atoms. The summed E-state index contributed by atoms with van der Waals surface area (Å²) in [5.74, 6) is -1.06. The van der Waals surface area contributed by atoms with E-state index in [0.29, 0.717) is 27.8 Å². The molecular formula is C15H14FN5O2S. The van der Waals surface area contributed by atoms with Crippen LogP contribution < -0.4 is 16.6 Å². The highest BCUT2D eigenvalue weighted by Crippen LogP contribution is 2.23. The van der Waals surface area contributed by atoms with Gasteiger partial charge in [-0.3, -0.25) is 9.59 Å². The van der Waals surface area contributed by atoms with Crippen LogP contribution in [0.3, 0.4) is 0 Å². The van der Waals surface area contributed by atoms with Gasteiger partial charge in [-0.15, -0.1) is 5.10 Å². The molecule has 9 heteroatoms. The molecule has 2 heterocycles. The minimum absolute atomic E-state index is 0.293. The van der Waals surface area contributed by atoms with Crippen molar-refractivity contribution in [2.45, 2.75) is 19.4 Å². The summed E-state index contributed by atoms with van der Waals surface area (Å²) in [7, 11) is 0. The zero-order chi connectivity index (χ0) is 17.3. The molecule has 1 amide bonds. The molecule has 3 N–H and O–H groups in total. The van der Waals surface area contributed by atoms with E-state index in [0.717, 1.165) is 15.9 Å². The first-order chi connectivity index (χ1) is 11.5. The van der Waals surface area contributed by atoms with Crippen molar-refractivity contribution in [3.63, 3.8) is 0 Å². The Hall–Kier alpha value is -2.81. The topological polar surface area (TPSA) is 102 Å². The summed E-state index contributed by atoms with van der Waals surface area (Å²) in [6.07, 6.45) is 0.631. The van der Waals surface area contributed by atoms with E-state index >= 15 is 0 Å². The second-order valence-corrected chi connectivity index (χ2v) is 6.03. The van der Waals surface area contributed by atoms with Crippen molar-refractivity contribution in [1.82, 2.24) is 14.6 Å². The molecule has 0 fully saturated rings. The monoisotopic (exact) mass is 347 g/mol. The number of nitrogens with zero attached hydrogens (tertiary/aromatic N) is 3. The van der Waals surface area contributed by atoms with Gasteiger partial charge in [0, 0.05) is 11.8 Å². The van der Waals surface area contributed by atoms with E-state index in [9.17, 15) is 14.0 Å². The molecule has 2 aromatic heterocycles. The summed E-state index contributed by atoms with van der Waals surface area (Å²) >= 11 is 1.13. The third-order valence-corrected chi connectivity index (χ3v) is 4.26. The van der Waals surface area contributed by atoms with Gasteiger partial charge in [-0.1, -0.05) is 30.4 Å². The van der Waals surface area contributed by atoms with Crippen LogP contribution in [0.25, 0.3) is 4.96 Å². The largest absolute Gasteiger partial charge is 0.368 e. The molecule has 0 spiro atoms. The molecule has 0 radical (unpaired) electrons. The number of aryl methyl sites for hydroxylation is 1. The molecule has 3 aromatic rings. The molecule has 1 aromatic carbocycles. The molecule has 7 nitrogen and oxygen atoms in total. The first-order valence-electron chi connectivity index (χ1n) is 7.19. The fourth-order valence-electron chi connectivity index (χ4n) is 2.19. The van der Waals surface area contributed by atoms with Crippen LogP contribution in [-0.2, 0) is 11.2 Å². The molecule has 3 rings (SSSR count). The van der Waals surface area contributed by atoms with Crippen LogP contribution in [0.2, 0.25) is 0 Å². The number of hydrogen-bond acceptors (Lipinski definition) is 6. The summed E-state index contributed by atoms with van der Waals surface area (Å²) < 4.78 is 14.2. The molecule has 124 valence electrons. The Morgan fingerprint density at radius 1 is 1.42 bits per heavy atom. The fraction of sp³-hybridized carbons (Fsp3) is 0.200. The van der Waals surface area contributed by atoms with Gasteiger partial charge in [-0.25, -0.2) is 9.37 Å². The number of aromatic nitrogens is 3. The number of carbonyl (C=O) groups excluding carboxylic acids is 1. The van der Waals surface area contributed by atoms with E-state index in [1.807, 2.05) is 6.92 Å². The number of fused-ring (bicyclic) bond motifs is 1. The first kappa shape index (κ1) is 16.1. The molecule has 0 aliphatic rings. The third-order valence-electron chi connectivity index (χ3n) is 3.42. The summed E-state index contributed by atoms with van der Waals surface area (Å²) in [6.45, 7) is 1.90. The minimum Gasteiger partial charge on any atom is -0.368 e. The lowest BCUT2D eigenvalue weighted by Gasteiger charge is -2.14. The number of rotatable bonds is 5. The highest BCUT2D eigenvalue weighted by molar-refractivity contribution is 7.20. The number of hydrogen-bond donors (Lipinski definition) is 2. The van der Waals surface area contributed by atoms with Crippen LogP contribution >= 0.6 is 11.3 Å². The Balaban J connectivity index is 1.97. The zero-order valence-corrected chi connectivity index (χ0v) is 13.5. The number of nitrogens with one attached hydrogen (secondary N) is 1. The summed E-state index contributed by atoms with van der Waals surface area (Å²) in [5.41, 5.74) is 6.29. The van der Waals surface area contributed by atoms with E-state index in [4.69, 9.17) is 5.73 Å². The molecule has 1 unspecified atom stereocenters. The van der Waals surface area contributed by atoms with Crippen LogP contribution in [0.5, 0.6) is 0 Å². The third kappa shape index (κ3) is 3.11. The first-order valence-corrected chi connectivity index (χ1v) is 8.00. The maximum absolute atomic E-state index is 13.0. The number of primary amides is 1. The number of benzene rings is 1. The van der Waals surface area contributed by atoms with Gasteiger partial charge in [0.2, 0.25) is 16.0 Å². The maximum atomic E-state index is 13.0. The van der Waals surface area contributed by atoms with Crippen LogP contribution in [0, 0.1) is 5.82 Å². The van der Waals surface area contributed by atoms with Gasteiger partial charge < -0.3 is 11.1 Å². The lowest BCUT2D eigenvalue weighted by molar-refractivity contribution is -0.118. The van der Waals surface area contributed by atoms with E-state index in [1.165, 1.54) is 30.3 Å². The van der Waals surface area contributed by atoms with E-state index < -0.39 is 17.8 Å². The molecule has 0 bridgehead atoms. The Bertz CT molecular complexity index is 951. The van der Waals surface area contributed by atoms with E-state index in [-0.39, 0.29) is 5.56 Å². The fourth-order valence-corrected chi connectivity index (χ4v) is 3.05. The van der Waals surface area contributed by atoms with Crippen molar-refractivity contribution in [2.75, 3.05) is 5.32 Å². The van der Waals surface area contributed by atoms with Crippen molar-refractivity contribution in [2.24, 2.45) is 5.73 Å². The second-order valence-electron chi connectivity index (χ2n) is 5.07. The normalized spacial score (nSPS) is 12.2. The van der Waals surface area contributed by atoms with Gasteiger partial charge >= 0.3 is 0 Å². The van der Waals surface area contributed by atoms with Gasteiger partial charge in [-0.2, -0.15) is 4.52 Å². The second kappa shape index (κ2) is 6.36. The van der Waals surface area contributed by atoms with Crippen LogP contribution in [0.4, 0.5) is 9.52 Å². The van der Waals surface area contributed by atoms with Crippen molar-refractivity contribution >= 4 is 27.3 Å². The Labute approximate surface area is 140 Å². The highest BCUT2D eigenvalue weighted by Gasteiger charge is 2.20. The van der Waals surface area contributed by atoms with Gasteiger partial charge in [0.05, 0.1) is 0 Å². The van der Waals surface area contributed by atoms with Crippen LogP contribution in [-0.4, -0.2) is 20.5 Å². The average Bonchev–Trinajstić information content (AvgIpc) is 2.96. The quantitative estimate of drug-likeness (QED) is 0.728. The molecule has 0 aliphatic heterocycles. The number of amides is 1. The van der Waals surface area contributed by atoms with Gasteiger partial charge in [-0.05, 0) is 24.1 Å². The molecule has 1 atom stereocenters. The SMILES string of the molecule is CCc1cc(=O)n2nc(NC(C(N)=O)c3ccc(F)cc3)sc2n1. The highest BCUT2D eigenvalue weighted by atomic mass is 32.1. The average molecular weight is 347 g/mol. The minimum atomic E-state index is -0.896. The van der Waals surface area contributed by atoms with Crippen LogP contribution in [0.1, 0.15) is 24.2 Å². The number of carbonyl (C=O) groups is 1. The van der Waals surface area contributed by atoms with Crippen molar-refractivity contribution in [3.05, 3.63) is 57.8 Å². The Morgan fingerprint density at radius 3 is 2.75 bits per heavy atom. The molecule has 0 aliphatic carbocycles. The predicted octanol–water partition coefficient (Wildman–Crippen LogP) is 1.49. The summed E-state index contributed by atoms with van der Waals surface area (Å²) in [4.78, 5) is 28.5. The van der Waals surface area contributed by atoms with Crippen molar-refractivity contribution < 1.29 is 9.18 Å². The Morgan fingerprint density at radius 2 is 2.12 bits per heavy atom. The lowest BCUT2D eigenvalue weighted by atomic mass is 10.1. The van der Waals surface area contributed by atoms with Gasteiger partial charge in [0.1, 0.15) is 11.9 Å². The smallest absolute Gasteiger partial charge is 0.275 e. The van der Waals surface area contributed by atoms with Crippen LogP contribution in [0.15, 0.2) is 35.1 Å². The molecular weight excluding hydrogens is 333 g/mol. The van der Waals surface area contributed by atoms with Crippen molar-refractivity contribution in [3.8, 4) is 0 Å². The molecule has 0 saturated heterocycles. The number of nitrogens with two attached hydrogens (primary N) is 1. The lowest BCUT2D eigenvalue weighted by Crippen LogP contribution is -2.27. The predicted molar refractivity (Wildman–Crippen MR) is 88.5 cm³/mol. The van der Waals surface area contributed by atoms with Crippen molar-refractivity contribution in [1.29, 1.82) is 0 Å². The summed E-state index contributed by atoms with van der Waals surface area (Å²) in [6, 6.07) is 5.93. The van der Waals surface area contributed by atoms with Gasteiger partial charge in [0.25, 0.3) is 5.56 Å². The molecule has 0 saturated carbocycles. The number of halogens is 1. The Kier molecular flexibility index (Phi) is 4.26. The number of anilines is 1. The standard InChI is InChI=1S/C15H14FN5O2S/c1-2-10-7-11(22)21-15(18-10)24-14(20-21)19-12(13(17)23)8-3-5-9(16)6-4-8/h3-7,12H,2H2,1H3,(H2,17,23)(H,19,20). The maximum Gasteiger partial charge on any atom is 0.275 e.